The van der Waals surface area contributed by atoms with E-state index in [9.17, 15) is 27.9 Å². The van der Waals surface area contributed by atoms with Crippen molar-refractivity contribution in [1.29, 1.82) is 0 Å². The van der Waals surface area contributed by atoms with E-state index in [1.807, 2.05) is 0 Å². The fraction of sp³-hybridized carbons (Fsp3) is 0.560. The molecule has 0 saturated heterocycles. The Bertz CT molecular complexity index is 1060. The van der Waals surface area contributed by atoms with E-state index in [2.05, 4.69) is 10.3 Å². The number of hydrogen-bond acceptors (Lipinski definition) is 6. The highest BCUT2D eigenvalue weighted by Gasteiger charge is 2.33. The molecule has 0 unspecified atom stereocenters. The minimum Gasteiger partial charge on any atom is -0.481 e. The Morgan fingerprint density at radius 2 is 1.92 bits per heavy atom. The number of anilines is 1. The Kier molecular flexibility index (Phi) is 10.3. The average molecular weight is 560 g/mol. The number of ether oxygens (including phenoxy) is 1. The molecular formula is C25H32F3N3O4S2. The van der Waals surface area contributed by atoms with Crippen LogP contribution >= 0.6 is 23.1 Å². The lowest BCUT2D eigenvalue weighted by molar-refractivity contribution is -0.145. The zero-order chi connectivity index (χ0) is 27.1. The summed E-state index contributed by atoms with van der Waals surface area (Å²) in [6.07, 6.45) is 1.98. The fourth-order valence-electron chi connectivity index (χ4n) is 3.97. The third-order valence-corrected chi connectivity index (χ3v) is 8.75. The van der Waals surface area contributed by atoms with Crippen molar-refractivity contribution < 1.29 is 32.6 Å². The summed E-state index contributed by atoms with van der Waals surface area (Å²) >= 11 is 2.64. The smallest absolute Gasteiger partial charge is 0.416 e. The van der Waals surface area contributed by atoms with E-state index in [1.54, 1.807) is 31.0 Å². The van der Waals surface area contributed by atoms with Crippen LogP contribution in [0.2, 0.25) is 0 Å². The van der Waals surface area contributed by atoms with Crippen LogP contribution in [0.15, 0.2) is 34.7 Å². The van der Waals surface area contributed by atoms with Crippen LogP contribution in [0.3, 0.4) is 0 Å². The summed E-state index contributed by atoms with van der Waals surface area (Å²) in [5.41, 5.74) is -1.56. The molecule has 2 N–H and O–H groups in total. The van der Waals surface area contributed by atoms with Crippen molar-refractivity contribution in [3.8, 4) is 0 Å². The van der Waals surface area contributed by atoms with Crippen LogP contribution in [-0.2, 0) is 22.3 Å². The van der Waals surface area contributed by atoms with Crippen molar-refractivity contribution in [3.05, 3.63) is 41.6 Å². The lowest BCUT2D eigenvalue weighted by Gasteiger charge is -2.34. The summed E-state index contributed by atoms with van der Waals surface area (Å²) in [5.74, 6) is -0.522. The molecule has 2 aromatic rings. The minimum absolute atomic E-state index is 0.0185. The molecule has 204 valence electrons. The van der Waals surface area contributed by atoms with Crippen molar-refractivity contribution in [2.24, 2.45) is 5.41 Å². The zero-order valence-corrected chi connectivity index (χ0v) is 22.5. The van der Waals surface area contributed by atoms with Crippen LogP contribution in [-0.4, -0.2) is 51.9 Å². The number of amides is 2. The average Bonchev–Trinajstić information content (AvgIpc) is 3.30. The third-order valence-electron chi connectivity index (χ3n) is 6.19. The second-order valence-electron chi connectivity index (χ2n) is 9.59. The van der Waals surface area contributed by atoms with Gasteiger partial charge in [-0.15, -0.1) is 11.8 Å². The highest BCUT2D eigenvalue weighted by Crippen LogP contribution is 2.34. The molecule has 0 spiro atoms. The first kappa shape index (κ1) is 29.2. The molecule has 1 aromatic heterocycles. The second-order valence-corrected chi connectivity index (χ2v) is 11.9. The van der Waals surface area contributed by atoms with E-state index >= 15 is 0 Å². The lowest BCUT2D eigenvalue weighted by atomic mass is 9.94. The highest BCUT2D eigenvalue weighted by molar-refractivity contribution is 8.01. The summed E-state index contributed by atoms with van der Waals surface area (Å²) in [6, 6.07) is 5.00. The van der Waals surface area contributed by atoms with Crippen LogP contribution in [0.25, 0.3) is 0 Å². The number of thiazole rings is 1. The monoisotopic (exact) mass is 559 g/mol. The van der Waals surface area contributed by atoms with E-state index in [-0.39, 0.29) is 37.4 Å². The number of hydrogen-bond donors (Lipinski definition) is 2. The zero-order valence-electron chi connectivity index (χ0n) is 20.8. The number of nitrogens with zero attached hydrogens (tertiary/aromatic N) is 2. The molecule has 2 amide bonds. The van der Waals surface area contributed by atoms with Gasteiger partial charge in [-0.3, -0.25) is 10.1 Å². The van der Waals surface area contributed by atoms with Gasteiger partial charge in [-0.25, -0.2) is 9.78 Å². The van der Waals surface area contributed by atoms with Crippen LogP contribution in [0.1, 0.15) is 57.1 Å². The molecule has 1 heterocycles. The van der Waals surface area contributed by atoms with Crippen LogP contribution in [0.4, 0.5) is 23.1 Å². The molecule has 1 aliphatic rings. The van der Waals surface area contributed by atoms with Gasteiger partial charge in [-0.05, 0) is 38.3 Å². The van der Waals surface area contributed by atoms with Gasteiger partial charge in [0.05, 0.1) is 34.6 Å². The van der Waals surface area contributed by atoms with Gasteiger partial charge in [0.2, 0.25) is 0 Å². The van der Waals surface area contributed by atoms with E-state index in [4.69, 9.17) is 4.74 Å². The van der Waals surface area contributed by atoms with Gasteiger partial charge in [0, 0.05) is 18.3 Å². The SMILES string of the molecule is CC(C)(CSc1cnc(NC(=O)N(CCOCc2ccccc2C(F)(F)F)C2CCCCC2)s1)C(=O)O. The molecule has 1 aliphatic carbocycles. The number of carboxylic acids is 1. The maximum Gasteiger partial charge on any atom is 0.416 e. The van der Waals surface area contributed by atoms with Gasteiger partial charge < -0.3 is 14.7 Å². The van der Waals surface area contributed by atoms with Crippen molar-refractivity contribution in [2.45, 2.75) is 69.0 Å². The number of urea groups is 1. The van der Waals surface area contributed by atoms with Gasteiger partial charge in [-0.2, -0.15) is 13.2 Å². The predicted octanol–water partition coefficient (Wildman–Crippen LogP) is 6.75. The summed E-state index contributed by atoms with van der Waals surface area (Å²) in [7, 11) is 0. The number of carboxylic acid groups (broad SMARTS) is 1. The van der Waals surface area contributed by atoms with Gasteiger partial charge in [0.15, 0.2) is 5.13 Å². The number of alkyl halides is 3. The van der Waals surface area contributed by atoms with E-state index in [1.165, 1.54) is 35.2 Å². The molecule has 1 saturated carbocycles. The first-order chi connectivity index (χ1) is 17.5. The van der Waals surface area contributed by atoms with Gasteiger partial charge in [0.25, 0.3) is 0 Å². The van der Waals surface area contributed by atoms with Gasteiger partial charge in [0.1, 0.15) is 0 Å². The molecule has 0 bridgehead atoms. The molecule has 3 rings (SSSR count). The van der Waals surface area contributed by atoms with Crippen molar-refractivity contribution in [3.63, 3.8) is 0 Å². The number of carbonyl (C=O) groups excluding carboxylic acids is 1. The maximum atomic E-state index is 13.2. The van der Waals surface area contributed by atoms with E-state index in [0.717, 1.165) is 42.4 Å². The van der Waals surface area contributed by atoms with Crippen molar-refractivity contribution >= 4 is 40.2 Å². The molecule has 0 aliphatic heterocycles. The number of thioether (sulfide) groups is 1. The number of aromatic nitrogens is 1. The normalized spacial score (nSPS) is 14.9. The van der Waals surface area contributed by atoms with E-state index < -0.39 is 23.1 Å². The molecule has 0 radical (unpaired) electrons. The Morgan fingerprint density at radius 3 is 2.59 bits per heavy atom. The fourth-order valence-corrected chi connectivity index (χ4v) is 5.91. The number of benzene rings is 1. The standard InChI is InChI=1S/C25H32F3N3O4S2/c1-24(2,21(32)33)16-36-20-14-29-22(37-20)30-23(34)31(18-9-4-3-5-10-18)12-13-35-15-17-8-6-7-11-19(17)25(26,27)28/h6-8,11,14,18H,3-5,9-10,12-13,15-16H2,1-2H3,(H,32,33)(H,29,30,34). The number of aliphatic carboxylic acids is 1. The van der Waals surface area contributed by atoms with E-state index in [0.29, 0.717) is 10.9 Å². The first-order valence-corrected chi connectivity index (χ1v) is 13.9. The van der Waals surface area contributed by atoms with Crippen molar-refractivity contribution in [2.75, 3.05) is 24.2 Å². The first-order valence-electron chi connectivity index (χ1n) is 12.1. The number of carbonyl (C=O) groups is 2. The summed E-state index contributed by atoms with van der Waals surface area (Å²) in [6.45, 7) is 3.44. The quantitative estimate of drug-likeness (QED) is 0.234. The number of halogens is 3. The Balaban J connectivity index is 1.58. The molecule has 0 atom stereocenters. The Hall–Kier alpha value is -2.31. The van der Waals surface area contributed by atoms with Gasteiger partial charge >= 0.3 is 18.2 Å². The van der Waals surface area contributed by atoms with Crippen LogP contribution in [0.5, 0.6) is 0 Å². The molecule has 7 nitrogen and oxygen atoms in total. The minimum atomic E-state index is -4.46. The number of rotatable bonds is 11. The second kappa shape index (κ2) is 13.0. The summed E-state index contributed by atoms with van der Waals surface area (Å²) < 4.78 is 46.1. The largest absolute Gasteiger partial charge is 0.481 e. The summed E-state index contributed by atoms with van der Waals surface area (Å²) in [4.78, 5) is 30.4. The predicted molar refractivity (Wildman–Crippen MR) is 138 cm³/mol. The highest BCUT2D eigenvalue weighted by atomic mass is 32.2. The molecule has 1 fully saturated rings. The molecular weight excluding hydrogens is 527 g/mol. The Labute approximate surface area is 222 Å². The van der Waals surface area contributed by atoms with Crippen LogP contribution < -0.4 is 5.32 Å². The summed E-state index contributed by atoms with van der Waals surface area (Å²) in [5, 5.41) is 12.5. The lowest BCUT2D eigenvalue weighted by Crippen LogP contribution is -2.45. The van der Waals surface area contributed by atoms with Crippen LogP contribution in [0, 0.1) is 5.41 Å². The third kappa shape index (κ3) is 8.61. The molecule has 37 heavy (non-hydrogen) atoms. The number of nitrogens with one attached hydrogen (secondary N) is 1. The van der Waals surface area contributed by atoms with Crippen molar-refractivity contribution in [1.82, 2.24) is 9.88 Å². The topological polar surface area (TPSA) is 91.8 Å². The Morgan fingerprint density at radius 1 is 1.22 bits per heavy atom. The maximum absolute atomic E-state index is 13.2. The van der Waals surface area contributed by atoms with Gasteiger partial charge in [-0.1, -0.05) is 48.8 Å². The molecule has 1 aromatic carbocycles. The molecule has 12 heteroatoms.